The minimum atomic E-state index is -3.59. The van der Waals surface area contributed by atoms with Crippen molar-refractivity contribution in [2.45, 2.75) is 31.8 Å². The van der Waals surface area contributed by atoms with Crippen LogP contribution in [0.5, 0.6) is 0 Å². The summed E-state index contributed by atoms with van der Waals surface area (Å²) in [5, 5.41) is 3.94. The van der Waals surface area contributed by atoms with Crippen molar-refractivity contribution in [3.05, 3.63) is 66.4 Å². The normalized spacial score (nSPS) is 16.1. The first-order valence-electron chi connectivity index (χ1n) is 11.4. The lowest BCUT2D eigenvalue weighted by Crippen LogP contribution is -2.30. The summed E-state index contributed by atoms with van der Waals surface area (Å²) in [6.07, 6.45) is 0.0202. The lowest BCUT2D eigenvalue weighted by molar-refractivity contribution is -0.149. The lowest BCUT2D eigenvalue weighted by Gasteiger charge is -2.20. The van der Waals surface area contributed by atoms with Crippen LogP contribution in [-0.4, -0.2) is 49.4 Å². The number of nitrogens with zero attached hydrogens (tertiary/aromatic N) is 3. The predicted molar refractivity (Wildman–Crippen MR) is 129 cm³/mol. The van der Waals surface area contributed by atoms with Gasteiger partial charge in [-0.15, -0.1) is 0 Å². The first kappa shape index (κ1) is 24.6. The fourth-order valence-corrected chi connectivity index (χ4v) is 5.46. The van der Waals surface area contributed by atoms with Gasteiger partial charge in [0.25, 0.3) is 0 Å². The van der Waals surface area contributed by atoms with Crippen LogP contribution < -0.4 is 4.90 Å². The predicted octanol–water partition coefficient (Wildman–Crippen LogP) is 3.47. The Bertz CT molecular complexity index is 1280. The summed E-state index contributed by atoms with van der Waals surface area (Å²) < 4.78 is 37.4. The zero-order valence-electron chi connectivity index (χ0n) is 19.6. The first-order chi connectivity index (χ1) is 16.8. The van der Waals surface area contributed by atoms with Gasteiger partial charge in [-0.25, -0.2) is 8.42 Å². The standard InChI is InChI=1S/C25H27N3O6S/c1-3-27(4-2)35(31,32)22-12-10-21(11-13-22)28-16-19(14-24(28)29)25(30)33-17-20-15-23(34-26-20)18-8-6-5-7-9-18/h5-13,15,19H,3-4,14,16-17H2,1-2H3/t19-/m0/s1. The molecule has 35 heavy (non-hydrogen) atoms. The van der Waals surface area contributed by atoms with Crippen LogP contribution in [0.15, 0.2) is 70.1 Å². The number of esters is 1. The third-order valence-corrected chi connectivity index (χ3v) is 7.99. The van der Waals surface area contributed by atoms with Gasteiger partial charge in [-0.2, -0.15) is 4.31 Å². The van der Waals surface area contributed by atoms with Crippen molar-refractivity contribution in [3.8, 4) is 11.3 Å². The highest BCUT2D eigenvalue weighted by atomic mass is 32.2. The van der Waals surface area contributed by atoms with Crippen LogP contribution in [0.4, 0.5) is 5.69 Å². The van der Waals surface area contributed by atoms with Crippen LogP contribution >= 0.6 is 0 Å². The third kappa shape index (κ3) is 5.28. The van der Waals surface area contributed by atoms with Crippen LogP contribution in [0, 0.1) is 5.92 Å². The number of anilines is 1. The van der Waals surface area contributed by atoms with Gasteiger partial charge in [0, 0.05) is 43.4 Å². The SMILES string of the molecule is CCN(CC)S(=O)(=O)c1ccc(N2C[C@@H](C(=O)OCc3cc(-c4ccccc4)on3)CC2=O)cc1. The van der Waals surface area contributed by atoms with Crippen molar-refractivity contribution in [1.82, 2.24) is 9.46 Å². The zero-order chi connectivity index (χ0) is 25.0. The molecule has 1 aromatic heterocycles. The Morgan fingerprint density at radius 1 is 1.11 bits per heavy atom. The van der Waals surface area contributed by atoms with Gasteiger partial charge in [-0.1, -0.05) is 49.3 Å². The van der Waals surface area contributed by atoms with E-state index in [4.69, 9.17) is 9.26 Å². The highest BCUT2D eigenvalue weighted by Crippen LogP contribution is 2.28. The minimum Gasteiger partial charge on any atom is -0.459 e. The van der Waals surface area contributed by atoms with Crippen molar-refractivity contribution < 1.29 is 27.3 Å². The summed E-state index contributed by atoms with van der Waals surface area (Å²) in [4.78, 5) is 26.8. The Kier molecular flexibility index (Phi) is 7.32. The molecule has 2 aromatic carbocycles. The number of carbonyl (C=O) groups is 2. The van der Waals surface area contributed by atoms with Gasteiger partial charge in [0.15, 0.2) is 5.76 Å². The molecule has 1 atom stereocenters. The van der Waals surface area contributed by atoms with Crippen molar-refractivity contribution in [1.29, 1.82) is 0 Å². The van der Waals surface area contributed by atoms with Crippen LogP contribution in [-0.2, 0) is 31.0 Å². The molecule has 1 amide bonds. The highest BCUT2D eigenvalue weighted by molar-refractivity contribution is 7.89. The zero-order valence-corrected chi connectivity index (χ0v) is 20.4. The van der Waals surface area contributed by atoms with Gasteiger partial charge in [0.2, 0.25) is 15.9 Å². The largest absolute Gasteiger partial charge is 0.459 e. The van der Waals surface area contributed by atoms with Crippen LogP contribution in [0.2, 0.25) is 0 Å². The number of carbonyl (C=O) groups excluding carboxylic acids is 2. The molecule has 0 spiro atoms. The molecule has 9 nitrogen and oxygen atoms in total. The van der Waals surface area contributed by atoms with E-state index < -0.39 is 21.9 Å². The number of ether oxygens (including phenoxy) is 1. The molecule has 0 aliphatic carbocycles. The van der Waals surface area contributed by atoms with Gasteiger partial charge in [-0.3, -0.25) is 9.59 Å². The second kappa shape index (κ2) is 10.4. The topological polar surface area (TPSA) is 110 Å². The van der Waals surface area contributed by atoms with E-state index in [0.29, 0.717) is 30.2 Å². The molecule has 184 valence electrons. The van der Waals surface area contributed by atoms with Gasteiger partial charge in [0.1, 0.15) is 12.3 Å². The lowest BCUT2D eigenvalue weighted by atomic mass is 10.1. The molecule has 1 saturated heterocycles. The molecular weight excluding hydrogens is 470 g/mol. The summed E-state index contributed by atoms with van der Waals surface area (Å²) in [5.41, 5.74) is 1.88. The maximum absolute atomic E-state index is 12.7. The molecule has 1 fully saturated rings. The molecule has 2 heterocycles. The monoisotopic (exact) mass is 497 g/mol. The molecule has 0 bridgehead atoms. The molecule has 1 aliphatic rings. The molecule has 0 saturated carbocycles. The Hall–Kier alpha value is -3.50. The number of amides is 1. The molecule has 0 unspecified atom stereocenters. The third-order valence-electron chi connectivity index (χ3n) is 5.93. The number of hydrogen-bond acceptors (Lipinski definition) is 7. The van der Waals surface area contributed by atoms with Gasteiger partial charge >= 0.3 is 5.97 Å². The van der Waals surface area contributed by atoms with E-state index in [1.165, 1.54) is 21.3 Å². The highest BCUT2D eigenvalue weighted by Gasteiger charge is 2.36. The van der Waals surface area contributed by atoms with Crippen LogP contribution in [0.1, 0.15) is 26.0 Å². The van der Waals surface area contributed by atoms with E-state index in [2.05, 4.69) is 5.16 Å². The van der Waals surface area contributed by atoms with Crippen molar-refractivity contribution >= 4 is 27.6 Å². The smallest absolute Gasteiger partial charge is 0.311 e. The number of rotatable bonds is 9. The maximum Gasteiger partial charge on any atom is 0.311 e. The van der Waals surface area contributed by atoms with E-state index >= 15 is 0 Å². The van der Waals surface area contributed by atoms with E-state index in [1.807, 2.05) is 30.3 Å². The minimum absolute atomic E-state index is 0.0202. The van der Waals surface area contributed by atoms with Crippen molar-refractivity contribution in [3.63, 3.8) is 0 Å². The summed E-state index contributed by atoms with van der Waals surface area (Å²) >= 11 is 0. The summed E-state index contributed by atoms with van der Waals surface area (Å²) in [6.45, 7) is 4.41. The molecule has 0 radical (unpaired) electrons. The molecular formula is C25H27N3O6S. The van der Waals surface area contributed by atoms with Gasteiger partial charge < -0.3 is 14.2 Å². The van der Waals surface area contributed by atoms with E-state index in [1.54, 1.807) is 32.0 Å². The fourth-order valence-electron chi connectivity index (χ4n) is 4.01. The van der Waals surface area contributed by atoms with E-state index in [9.17, 15) is 18.0 Å². The summed E-state index contributed by atoms with van der Waals surface area (Å²) in [7, 11) is -3.59. The average molecular weight is 498 g/mol. The molecule has 1 aliphatic heterocycles. The Balaban J connectivity index is 1.36. The second-order valence-corrected chi connectivity index (χ2v) is 10.1. The molecule has 0 N–H and O–H groups in total. The first-order valence-corrected chi connectivity index (χ1v) is 12.9. The number of sulfonamides is 1. The second-order valence-electron chi connectivity index (χ2n) is 8.14. The Morgan fingerprint density at radius 3 is 2.46 bits per heavy atom. The van der Waals surface area contributed by atoms with E-state index in [0.717, 1.165) is 5.56 Å². The van der Waals surface area contributed by atoms with Gasteiger partial charge in [0.05, 0.1) is 10.8 Å². The average Bonchev–Trinajstić information content (AvgIpc) is 3.51. The number of aromatic nitrogens is 1. The van der Waals surface area contributed by atoms with Crippen molar-refractivity contribution in [2.75, 3.05) is 24.5 Å². The quantitative estimate of drug-likeness (QED) is 0.416. The Labute approximate surface area is 204 Å². The number of hydrogen-bond donors (Lipinski definition) is 0. The summed E-state index contributed by atoms with van der Waals surface area (Å²) in [6, 6.07) is 17.3. The van der Waals surface area contributed by atoms with Crippen LogP contribution in [0.3, 0.4) is 0 Å². The van der Waals surface area contributed by atoms with E-state index in [-0.39, 0.29) is 30.4 Å². The number of benzene rings is 2. The maximum atomic E-state index is 12.7. The van der Waals surface area contributed by atoms with Gasteiger partial charge in [-0.05, 0) is 24.3 Å². The summed E-state index contributed by atoms with van der Waals surface area (Å²) in [5.74, 6) is -0.766. The molecule has 10 heteroatoms. The molecule has 4 rings (SSSR count). The Morgan fingerprint density at radius 2 is 1.80 bits per heavy atom. The van der Waals surface area contributed by atoms with Crippen molar-refractivity contribution in [2.24, 2.45) is 5.92 Å². The fraction of sp³-hybridized carbons (Fsp3) is 0.320. The van der Waals surface area contributed by atoms with Crippen LogP contribution in [0.25, 0.3) is 11.3 Å². The molecule has 3 aromatic rings.